The first-order chi connectivity index (χ1) is 9.47. The lowest BCUT2D eigenvalue weighted by molar-refractivity contribution is 0.103. The summed E-state index contributed by atoms with van der Waals surface area (Å²) in [5.41, 5.74) is 6.31. The van der Waals surface area contributed by atoms with E-state index in [-0.39, 0.29) is 17.6 Å². The number of hydrogen-bond donors (Lipinski definition) is 1. The summed E-state index contributed by atoms with van der Waals surface area (Å²) in [6.45, 7) is 3.86. The van der Waals surface area contributed by atoms with Gasteiger partial charge in [0.1, 0.15) is 11.6 Å². The SMILES string of the molecule is CC(C)Oc1ccc(C(=O)c2ccc(F)c(N)c2)cc1. The third kappa shape index (κ3) is 3.15. The third-order valence-corrected chi connectivity index (χ3v) is 2.75. The second-order valence-corrected chi connectivity index (χ2v) is 4.76. The van der Waals surface area contributed by atoms with E-state index in [1.807, 2.05) is 13.8 Å². The molecular formula is C16H16FNO2. The van der Waals surface area contributed by atoms with E-state index in [4.69, 9.17) is 10.5 Å². The standard InChI is InChI=1S/C16H16FNO2/c1-10(2)20-13-6-3-11(4-7-13)16(19)12-5-8-14(17)15(18)9-12/h3-10H,18H2,1-2H3. The number of benzene rings is 2. The molecule has 0 saturated heterocycles. The van der Waals surface area contributed by atoms with Crippen LogP contribution >= 0.6 is 0 Å². The Morgan fingerprint density at radius 2 is 1.70 bits per heavy atom. The van der Waals surface area contributed by atoms with E-state index in [2.05, 4.69) is 0 Å². The van der Waals surface area contributed by atoms with Gasteiger partial charge in [-0.05, 0) is 56.3 Å². The van der Waals surface area contributed by atoms with Gasteiger partial charge in [0.15, 0.2) is 5.78 Å². The van der Waals surface area contributed by atoms with Gasteiger partial charge < -0.3 is 10.5 Å². The zero-order chi connectivity index (χ0) is 14.7. The smallest absolute Gasteiger partial charge is 0.193 e. The third-order valence-electron chi connectivity index (χ3n) is 2.75. The largest absolute Gasteiger partial charge is 0.491 e. The lowest BCUT2D eigenvalue weighted by Gasteiger charge is -2.10. The van der Waals surface area contributed by atoms with Crippen LogP contribution in [-0.4, -0.2) is 11.9 Å². The summed E-state index contributed by atoms with van der Waals surface area (Å²) in [6, 6.07) is 10.8. The van der Waals surface area contributed by atoms with E-state index in [1.54, 1.807) is 24.3 Å². The number of ether oxygens (including phenoxy) is 1. The molecule has 0 aliphatic rings. The molecule has 0 aliphatic carbocycles. The molecule has 0 amide bonds. The first-order valence-corrected chi connectivity index (χ1v) is 6.34. The van der Waals surface area contributed by atoms with Crippen LogP contribution < -0.4 is 10.5 Å². The van der Waals surface area contributed by atoms with Crippen LogP contribution in [0.4, 0.5) is 10.1 Å². The van der Waals surface area contributed by atoms with Crippen molar-refractivity contribution in [1.29, 1.82) is 0 Å². The molecule has 0 aromatic heterocycles. The number of halogens is 1. The molecular weight excluding hydrogens is 257 g/mol. The zero-order valence-corrected chi connectivity index (χ0v) is 11.4. The highest BCUT2D eigenvalue weighted by Crippen LogP contribution is 2.19. The molecule has 0 heterocycles. The maximum absolute atomic E-state index is 13.1. The Morgan fingerprint density at radius 1 is 1.10 bits per heavy atom. The fourth-order valence-corrected chi connectivity index (χ4v) is 1.81. The number of rotatable bonds is 4. The first kappa shape index (κ1) is 14.1. The number of nitrogens with two attached hydrogens (primary N) is 1. The van der Waals surface area contributed by atoms with Crippen molar-refractivity contribution in [1.82, 2.24) is 0 Å². The molecule has 2 aromatic rings. The molecule has 0 saturated carbocycles. The highest BCUT2D eigenvalue weighted by molar-refractivity contribution is 6.09. The van der Waals surface area contributed by atoms with Crippen molar-refractivity contribution >= 4 is 11.5 Å². The lowest BCUT2D eigenvalue weighted by Crippen LogP contribution is -2.06. The monoisotopic (exact) mass is 273 g/mol. The minimum atomic E-state index is -0.526. The van der Waals surface area contributed by atoms with Gasteiger partial charge in [0.05, 0.1) is 11.8 Å². The summed E-state index contributed by atoms with van der Waals surface area (Å²) in [5, 5.41) is 0. The molecule has 104 valence electrons. The molecule has 2 aromatic carbocycles. The quantitative estimate of drug-likeness (QED) is 0.686. The Hall–Kier alpha value is -2.36. The van der Waals surface area contributed by atoms with Crippen LogP contribution in [0.1, 0.15) is 29.8 Å². The Bertz CT molecular complexity index is 621. The minimum absolute atomic E-state index is 0.0318. The molecule has 0 atom stereocenters. The summed E-state index contributed by atoms with van der Waals surface area (Å²) in [6.07, 6.45) is 0.0773. The van der Waals surface area contributed by atoms with Gasteiger partial charge >= 0.3 is 0 Å². The van der Waals surface area contributed by atoms with Crippen molar-refractivity contribution in [3.8, 4) is 5.75 Å². The van der Waals surface area contributed by atoms with Crippen LogP contribution in [0.25, 0.3) is 0 Å². The molecule has 2 rings (SSSR count). The molecule has 0 spiro atoms. The Balaban J connectivity index is 2.22. The van der Waals surface area contributed by atoms with Gasteiger partial charge in [-0.1, -0.05) is 0 Å². The van der Waals surface area contributed by atoms with Gasteiger partial charge in [-0.15, -0.1) is 0 Å². The van der Waals surface area contributed by atoms with Crippen LogP contribution in [0.15, 0.2) is 42.5 Å². The van der Waals surface area contributed by atoms with Gasteiger partial charge in [0, 0.05) is 11.1 Å². The normalized spacial score (nSPS) is 10.6. The average Bonchev–Trinajstić information content (AvgIpc) is 2.41. The van der Waals surface area contributed by atoms with Crippen LogP contribution in [0.3, 0.4) is 0 Å². The second-order valence-electron chi connectivity index (χ2n) is 4.76. The van der Waals surface area contributed by atoms with Crippen LogP contribution in [-0.2, 0) is 0 Å². The number of carbonyl (C=O) groups excluding carboxylic acids is 1. The van der Waals surface area contributed by atoms with Crippen molar-refractivity contribution in [3.05, 3.63) is 59.4 Å². The predicted octanol–water partition coefficient (Wildman–Crippen LogP) is 3.43. The van der Waals surface area contributed by atoms with E-state index < -0.39 is 5.82 Å². The van der Waals surface area contributed by atoms with Crippen LogP contribution in [0, 0.1) is 5.82 Å². The molecule has 2 N–H and O–H groups in total. The van der Waals surface area contributed by atoms with E-state index >= 15 is 0 Å². The van der Waals surface area contributed by atoms with Gasteiger partial charge in [0.25, 0.3) is 0 Å². The lowest BCUT2D eigenvalue weighted by atomic mass is 10.0. The van der Waals surface area contributed by atoms with Gasteiger partial charge in [-0.2, -0.15) is 0 Å². The molecule has 20 heavy (non-hydrogen) atoms. The number of anilines is 1. The fourth-order valence-electron chi connectivity index (χ4n) is 1.81. The summed E-state index contributed by atoms with van der Waals surface area (Å²) in [5.74, 6) is -0.0230. The molecule has 0 bridgehead atoms. The van der Waals surface area contributed by atoms with Gasteiger partial charge in [-0.3, -0.25) is 4.79 Å². The highest BCUT2D eigenvalue weighted by Gasteiger charge is 2.11. The number of ketones is 1. The molecule has 0 aliphatic heterocycles. The predicted molar refractivity (Wildman–Crippen MR) is 76.5 cm³/mol. The molecule has 0 unspecified atom stereocenters. The van der Waals surface area contributed by atoms with E-state index in [0.29, 0.717) is 16.9 Å². The highest BCUT2D eigenvalue weighted by atomic mass is 19.1. The summed E-state index contributed by atoms with van der Waals surface area (Å²) in [4.78, 5) is 12.2. The van der Waals surface area contributed by atoms with E-state index in [0.717, 1.165) is 0 Å². The van der Waals surface area contributed by atoms with Gasteiger partial charge in [0.2, 0.25) is 0 Å². The fraction of sp³-hybridized carbons (Fsp3) is 0.188. The van der Waals surface area contributed by atoms with Crippen molar-refractivity contribution in [2.75, 3.05) is 5.73 Å². The molecule has 0 fully saturated rings. The van der Waals surface area contributed by atoms with Crippen molar-refractivity contribution in [2.24, 2.45) is 0 Å². The number of hydrogen-bond acceptors (Lipinski definition) is 3. The summed E-state index contributed by atoms with van der Waals surface area (Å²) < 4.78 is 18.6. The Kier molecular flexibility index (Phi) is 4.03. The van der Waals surface area contributed by atoms with Crippen LogP contribution in [0.2, 0.25) is 0 Å². The van der Waals surface area contributed by atoms with Crippen molar-refractivity contribution in [2.45, 2.75) is 20.0 Å². The molecule has 4 heteroatoms. The average molecular weight is 273 g/mol. The first-order valence-electron chi connectivity index (χ1n) is 6.34. The minimum Gasteiger partial charge on any atom is -0.491 e. The number of carbonyl (C=O) groups is 1. The maximum atomic E-state index is 13.1. The number of nitrogen functional groups attached to an aromatic ring is 1. The van der Waals surface area contributed by atoms with Crippen molar-refractivity contribution in [3.63, 3.8) is 0 Å². The van der Waals surface area contributed by atoms with Crippen LogP contribution in [0.5, 0.6) is 5.75 Å². The second kappa shape index (κ2) is 5.74. The summed E-state index contributed by atoms with van der Waals surface area (Å²) >= 11 is 0. The molecule has 0 radical (unpaired) electrons. The summed E-state index contributed by atoms with van der Waals surface area (Å²) in [7, 11) is 0. The topological polar surface area (TPSA) is 52.3 Å². The Morgan fingerprint density at radius 3 is 2.25 bits per heavy atom. The van der Waals surface area contributed by atoms with E-state index in [9.17, 15) is 9.18 Å². The Labute approximate surface area is 117 Å². The zero-order valence-electron chi connectivity index (χ0n) is 11.4. The van der Waals surface area contributed by atoms with Gasteiger partial charge in [-0.25, -0.2) is 4.39 Å². The molecule has 3 nitrogen and oxygen atoms in total. The van der Waals surface area contributed by atoms with E-state index in [1.165, 1.54) is 18.2 Å². The van der Waals surface area contributed by atoms with Crippen molar-refractivity contribution < 1.29 is 13.9 Å². The maximum Gasteiger partial charge on any atom is 0.193 e.